The van der Waals surface area contributed by atoms with Crippen molar-refractivity contribution >= 4 is 30.0 Å². The molecular formula is C17H22N2OS. The Morgan fingerprint density at radius 3 is 2.81 bits per heavy atom. The number of rotatable bonds is 7. The molecular weight excluding hydrogens is 280 g/mol. The Bertz CT molecular complexity index is 522. The van der Waals surface area contributed by atoms with Crippen molar-refractivity contribution in [2.45, 2.75) is 25.1 Å². The first kappa shape index (κ1) is 15.8. The van der Waals surface area contributed by atoms with Crippen molar-refractivity contribution in [2.75, 3.05) is 12.8 Å². The van der Waals surface area contributed by atoms with Crippen molar-refractivity contribution in [3.8, 4) is 0 Å². The van der Waals surface area contributed by atoms with Crippen molar-refractivity contribution in [1.29, 1.82) is 0 Å². The SMILES string of the molecule is C/C=C/c1ccc(C2=NCC(CC(NC=O)SC)C2)cc1. The van der Waals surface area contributed by atoms with Crippen LogP contribution in [-0.2, 0) is 4.79 Å². The zero-order valence-corrected chi connectivity index (χ0v) is 13.4. The molecule has 0 fully saturated rings. The number of thioether (sulfide) groups is 1. The molecule has 2 rings (SSSR count). The van der Waals surface area contributed by atoms with E-state index >= 15 is 0 Å². The number of benzene rings is 1. The number of hydrogen-bond acceptors (Lipinski definition) is 3. The van der Waals surface area contributed by atoms with E-state index in [1.165, 1.54) is 16.8 Å². The largest absolute Gasteiger partial charge is 0.347 e. The molecule has 0 saturated heterocycles. The van der Waals surface area contributed by atoms with Crippen LogP contribution in [-0.4, -0.2) is 30.3 Å². The molecule has 0 saturated carbocycles. The number of amides is 1. The average molecular weight is 302 g/mol. The van der Waals surface area contributed by atoms with Gasteiger partial charge in [-0.1, -0.05) is 36.4 Å². The van der Waals surface area contributed by atoms with Crippen LogP contribution in [0.15, 0.2) is 35.3 Å². The Balaban J connectivity index is 1.93. The van der Waals surface area contributed by atoms with Crippen molar-refractivity contribution in [3.63, 3.8) is 0 Å². The van der Waals surface area contributed by atoms with Crippen molar-refractivity contribution in [2.24, 2.45) is 10.9 Å². The van der Waals surface area contributed by atoms with E-state index in [0.29, 0.717) is 5.92 Å². The summed E-state index contributed by atoms with van der Waals surface area (Å²) < 4.78 is 0. The second-order valence-electron chi connectivity index (χ2n) is 5.22. The number of hydrogen-bond donors (Lipinski definition) is 1. The van der Waals surface area contributed by atoms with Crippen LogP contribution >= 0.6 is 11.8 Å². The Morgan fingerprint density at radius 1 is 1.43 bits per heavy atom. The highest BCUT2D eigenvalue weighted by Gasteiger charge is 2.22. The van der Waals surface area contributed by atoms with Crippen LogP contribution in [0.25, 0.3) is 6.08 Å². The fraction of sp³-hybridized carbons (Fsp3) is 0.412. The van der Waals surface area contributed by atoms with Crippen molar-refractivity contribution in [1.82, 2.24) is 5.32 Å². The summed E-state index contributed by atoms with van der Waals surface area (Å²) in [7, 11) is 0. The van der Waals surface area contributed by atoms with E-state index < -0.39 is 0 Å². The third-order valence-electron chi connectivity index (χ3n) is 3.71. The van der Waals surface area contributed by atoms with Crippen LogP contribution < -0.4 is 5.32 Å². The molecule has 2 atom stereocenters. The van der Waals surface area contributed by atoms with Gasteiger partial charge >= 0.3 is 0 Å². The lowest BCUT2D eigenvalue weighted by molar-refractivity contribution is -0.109. The molecule has 2 unspecified atom stereocenters. The minimum atomic E-state index is 0.194. The number of carbonyl (C=O) groups is 1. The average Bonchev–Trinajstić information content (AvgIpc) is 2.96. The summed E-state index contributed by atoms with van der Waals surface area (Å²) in [5.74, 6) is 0.528. The van der Waals surface area contributed by atoms with E-state index in [4.69, 9.17) is 0 Å². The maximum absolute atomic E-state index is 10.6. The monoisotopic (exact) mass is 302 g/mol. The summed E-state index contributed by atoms with van der Waals surface area (Å²) in [5, 5.41) is 3.05. The van der Waals surface area contributed by atoms with Crippen LogP contribution in [0.2, 0.25) is 0 Å². The second kappa shape index (κ2) is 8.03. The molecule has 112 valence electrons. The Labute approximate surface area is 130 Å². The van der Waals surface area contributed by atoms with Gasteiger partial charge in [0.15, 0.2) is 0 Å². The van der Waals surface area contributed by atoms with Crippen LogP contribution in [0.4, 0.5) is 0 Å². The summed E-state index contributed by atoms with van der Waals surface area (Å²) >= 11 is 1.68. The normalized spacial score (nSPS) is 19.5. The van der Waals surface area contributed by atoms with Gasteiger partial charge in [0.1, 0.15) is 0 Å². The first-order chi connectivity index (χ1) is 10.3. The van der Waals surface area contributed by atoms with Crippen LogP contribution in [0, 0.1) is 5.92 Å². The second-order valence-corrected chi connectivity index (χ2v) is 6.26. The van der Waals surface area contributed by atoms with Crippen LogP contribution in [0.5, 0.6) is 0 Å². The van der Waals surface area contributed by atoms with E-state index in [0.717, 1.165) is 25.8 Å². The zero-order chi connectivity index (χ0) is 15.1. The van der Waals surface area contributed by atoms with Gasteiger partial charge in [-0.25, -0.2) is 0 Å². The van der Waals surface area contributed by atoms with Crippen LogP contribution in [0.1, 0.15) is 30.9 Å². The van der Waals surface area contributed by atoms with Crippen LogP contribution in [0.3, 0.4) is 0 Å². The van der Waals surface area contributed by atoms with Gasteiger partial charge in [-0.15, -0.1) is 11.8 Å². The molecule has 1 heterocycles. The van der Waals surface area contributed by atoms with Gasteiger partial charge in [-0.3, -0.25) is 9.79 Å². The number of nitrogens with zero attached hydrogens (tertiary/aromatic N) is 1. The van der Waals surface area contributed by atoms with E-state index in [1.54, 1.807) is 11.8 Å². The van der Waals surface area contributed by atoms with E-state index in [1.807, 2.05) is 19.3 Å². The molecule has 0 bridgehead atoms. The molecule has 1 aliphatic rings. The number of carbonyl (C=O) groups excluding carboxylic acids is 1. The molecule has 1 aromatic carbocycles. The molecule has 1 amide bonds. The first-order valence-corrected chi connectivity index (χ1v) is 8.54. The van der Waals surface area contributed by atoms with Gasteiger partial charge in [-0.2, -0.15) is 0 Å². The Hall–Kier alpha value is -1.55. The predicted octanol–water partition coefficient (Wildman–Crippen LogP) is 3.35. The lowest BCUT2D eigenvalue weighted by Gasteiger charge is -2.17. The molecule has 0 aliphatic carbocycles. The predicted molar refractivity (Wildman–Crippen MR) is 91.8 cm³/mol. The maximum atomic E-state index is 10.6. The summed E-state index contributed by atoms with van der Waals surface area (Å²) in [6.45, 7) is 2.89. The fourth-order valence-corrected chi connectivity index (χ4v) is 3.26. The lowest BCUT2D eigenvalue weighted by Crippen LogP contribution is -2.27. The van der Waals surface area contributed by atoms with Gasteiger partial charge in [0.05, 0.1) is 5.37 Å². The highest BCUT2D eigenvalue weighted by Crippen LogP contribution is 2.25. The minimum absolute atomic E-state index is 0.194. The topological polar surface area (TPSA) is 41.5 Å². The summed E-state index contributed by atoms with van der Waals surface area (Å²) in [6.07, 6.45) is 8.93. The van der Waals surface area contributed by atoms with Crippen molar-refractivity contribution < 1.29 is 4.79 Å². The molecule has 4 heteroatoms. The number of allylic oxidation sites excluding steroid dienone is 1. The molecule has 0 radical (unpaired) electrons. The molecule has 1 N–H and O–H groups in total. The smallest absolute Gasteiger partial charge is 0.207 e. The third kappa shape index (κ3) is 4.46. The van der Waals surface area contributed by atoms with Crippen molar-refractivity contribution in [3.05, 3.63) is 41.5 Å². The van der Waals surface area contributed by atoms with E-state index in [9.17, 15) is 4.79 Å². The molecule has 21 heavy (non-hydrogen) atoms. The highest BCUT2D eigenvalue weighted by atomic mass is 32.2. The van der Waals surface area contributed by atoms with Gasteiger partial charge in [0, 0.05) is 12.3 Å². The number of aliphatic imine (C=N–C) groups is 1. The fourth-order valence-electron chi connectivity index (χ4n) is 2.60. The number of nitrogens with one attached hydrogen (secondary N) is 1. The van der Waals surface area contributed by atoms with Gasteiger partial charge in [-0.05, 0) is 43.1 Å². The third-order valence-corrected chi connectivity index (χ3v) is 4.61. The standard InChI is InChI=1S/C17H22N2OS/c1-3-4-13-5-7-15(8-6-13)16-9-14(11-18-16)10-17(21-2)19-12-20/h3-8,12,14,17H,9-11H2,1-2H3,(H,19,20)/b4-3+. The Morgan fingerprint density at radius 2 is 2.19 bits per heavy atom. The van der Waals surface area contributed by atoms with Gasteiger partial charge in [0.2, 0.25) is 6.41 Å². The quantitative estimate of drug-likeness (QED) is 0.620. The molecule has 1 aromatic rings. The Kier molecular flexibility index (Phi) is 6.05. The first-order valence-electron chi connectivity index (χ1n) is 7.25. The van der Waals surface area contributed by atoms with Gasteiger partial charge < -0.3 is 5.32 Å². The summed E-state index contributed by atoms with van der Waals surface area (Å²) in [5.41, 5.74) is 3.63. The molecule has 1 aliphatic heterocycles. The van der Waals surface area contributed by atoms with Gasteiger partial charge in [0.25, 0.3) is 0 Å². The molecule has 3 nitrogen and oxygen atoms in total. The van der Waals surface area contributed by atoms with E-state index in [-0.39, 0.29) is 5.37 Å². The zero-order valence-electron chi connectivity index (χ0n) is 12.6. The highest BCUT2D eigenvalue weighted by molar-refractivity contribution is 7.99. The van der Waals surface area contributed by atoms with E-state index in [2.05, 4.69) is 40.7 Å². The molecule has 0 aromatic heterocycles. The minimum Gasteiger partial charge on any atom is -0.347 e. The lowest BCUT2D eigenvalue weighted by atomic mass is 9.97. The summed E-state index contributed by atoms with van der Waals surface area (Å²) in [6, 6.07) is 8.55. The maximum Gasteiger partial charge on any atom is 0.207 e. The summed E-state index contributed by atoms with van der Waals surface area (Å²) in [4.78, 5) is 15.2. The molecule has 0 spiro atoms.